The lowest BCUT2D eigenvalue weighted by Gasteiger charge is -2.19. The smallest absolute Gasteiger partial charge is 0.434 e. The number of nitrogens with one attached hydrogen (secondary N) is 2. The van der Waals surface area contributed by atoms with E-state index in [1.807, 2.05) is 6.92 Å². The molecule has 11 heteroatoms. The highest BCUT2D eigenvalue weighted by Crippen LogP contribution is 2.31. The van der Waals surface area contributed by atoms with Crippen LogP contribution in [0.5, 0.6) is 5.75 Å². The topological polar surface area (TPSA) is 58.5 Å². The third-order valence-corrected chi connectivity index (χ3v) is 5.59. The summed E-state index contributed by atoms with van der Waals surface area (Å²) < 4.78 is 57.6. The maximum Gasteiger partial charge on any atom is 0.434 e. The second-order valence-electron chi connectivity index (χ2n) is 7.18. The van der Waals surface area contributed by atoms with Gasteiger partial charge in [0.15, 0.2) is 23.2 Å². The molecule has 3 rings (SSSR count). The number of hydrogen-bond donors (Lipinski definition) is 2. The fourth-order valence-corrected chi connectivity index (χ4v) is 3.53. The lowest BCUT2D eigenvalue weighted by atomic mass is 10.1. The Bertz CT molecular complexity index is 886. The summed E-state index contributed by atoms with van der Waals surface area (Å²) in [5, 5.41) is 7.58. The van der Waals surface area contributed by atoms with E-state index in [1.165, 1.54) is 6.07 Å². The van der Waals surface area contributed by atoms with Gasteiger partial charge < -0.3 is 15.4 Å². The summed E-state index contributed by atoms with van der Waals surface area (Å²) in [5.41, 5.74) is -0.144. The van der Waals surface area contributed by atoms with Gasteiger partial charge in [0, 0.05) is 25.4 Å². The molecular formula is C20H25F4IN4OS. The summed E-state index contributed by atoms with van der Waals surface area (Å²) in [6, 6.07) is 4.62. The second-order valence-corrected chi connectivity index (χ2v) is 8.13. The summed E-state index contributed by atoms with van der Waals surface area (Å²) in [6.45, 7) is 2.77. The molecule has 1 fully saturated rings. The molecule has 0 radical (unpaired) electrons. The zero-order valence-electron chi connectivity index (χ0n) is 17.1. The standard InChI is InChI=1S/C20H24F4N4OS.HI/c1-12(14-5-6-16(15(21)9-14)29-10-13-3-4-13)27-19(25-2)26-8-7-18-28-17(11-30-18)20(22,23)24;/h5-6,9,11-13H,3-4,7-8,10H2,1-2H3,(H2,25,26,27);1H. The number of nitrogens with zero attached hydrogens (tertiary/aromatic N) is 2. The van der Waals surface area contributed by atoms with Crippen molar-refractivity contribution in [2.75, 3.05) is 20.2 Å². The summed E-state index contributed by atoms with van der Waals surface area (Å²) in [5.74, 6) is 0.851. The van der Waals surface area contributed by atoms with Crippen LogP contribution in [0.15, 0.2) is 28.6 Å². The van der Waals surface area contributed by atoms with Crippen LogP contribution in [0.25, 0.3) is 0 Å². The van der Waals surface area contributed by atoms with Crippen LogP contribution in [0.1, 0.15) is 42.1 Å². The average Bonchev–Trinajstić information content (AvgIpc) is 3.40. The van der Waals surface area contributed by atoms with Gasteiger partial charge in [-0.25, -0.2) is 9.37 Å². The molecule has 0 bridgehead atoms. The Morgan fingerprint density at radius 3 is 2.68 bits per heavy atom. The van der Waals surface area contributed by atoms with Crippen molar-refractivity contribution in [1.82, 2.24) is 15.6 Å². The van der Waals surface area contributed by atoms with E-state index in [9.17, 15) is 17.6 Å². The minimum atomic E-state index is -4.43. The average molecular weight is 572 g/mol. The van der Waals surface area contributed by atoms with Crippen molar-refractivity contribution in [3.63, 3.8) is 0 Å². The molecule has 1 heterocycles. The Kier molecular flexibility index (Phi) is 9.34. The number of alkyl halides is 3. The summed E-state index contributed by atoms with van der Waals surface area (Å²) in [7, 11) is 1.59. The predicted octanol–water partition coefficient (Wildman–Crippen LogP) is 5.18. The molecule has 1 unspecified atom stereocenters. The molecule has 0 aliphatic heterocycles. The molecule has 1 aliphatic carbocycles. The van der Waals surface area contributed by atoms with Gasteiger partial charge in [-0.1, -0.05) is 6.07 Å². The van der Waals surface area contributed by atoms with E-state index < -0.39 is 17.7 Å². The molecule has 2 N–H and O–H groups in total. The van der Waals surface area contributed by atoms with Crippen LogP contribution >= 0.6 is 35.3 Å². The lowest BCUT2D eigenvalue weighted by Crippen LogP contribution is -2.39. The monoisotopic (exact) mass is 572 g/mol. The fourth-order valence-electron chi connectivity index (χ4n) is 2.72. The first-order chi connectivity index (χ1) is 14.3. The Hall–Kier alpha value is -1.63. The van der Waals surface area contributed by atoms with E-state index in [-0.39, 0.29) is 35.8 Å². The number of aliphatic imine (C=N–C) groups is 1. The number of hydrogen-bond acceptors (Lipinski definition) is 4. The quantitative estimate of drug-likeness (QED) is 0.198. The van der Waals surface area contributed by atoms with Crippen LogP contribution in [0.4, 0.5) is 17.6 Å². The lowest BCUT2D eigenvalue weighted by molar-refractivity contribution is -0.140. The van der Waals surface area contributed by atoms with Crippen LogP contribution in [0, 0.1) is 11.7 Å². The molecule has 31 heavy (non-hydrogen) atoms. The molecule has 2 aromatic rings. The first-order valence-electron chi connectivity index (χ1n) is 9.67. The molecule has 1 atom stereocenters. The molecule has 1 aromatic heterocycles. The SMILES string of the molecule is CN=C(NCCc1nc(C(F)(F)F)cs1)NC(C)c1ccc(OCC2CC2)c(F)c1.I. The minimum Gasteiger partial charge on any atom is -0.490 e. The molecule has 0 amide bonds. The van der Waals surface area contributed by atoms with E-state index in [1.54, 1.807) is 19.2 Å². The molecule has 1 saturated carbocycles. The second kappa shape index (κ2) is 11.3. The Balaban J connectivity index is 0.00000341. The van der Waals surface area contributed by atoms with Crippen molar-refractivity contribution >= 4 is 41.3 Å². The number of aromatic nitrogens is 1. The van der Waals surface area contributed by atoms with E-state index in [0.29, 0.717) is 36.5 Å². The minimum absolute atomic E-state index is 0. The van der Waals surface area contributed by atoms with Gasteiger partial charge in [0.1, 0.15) is 0 Å². The largest absolute Gasteiger partial charge is 0.490 e. The summed E-state index contributed by atoms with van der Waals surface area (Å²) in [4.78, 5) is 7.70. The number of halogens is 5. The molecule has 0 saturated heterocycles. The van der Waals surface area contributed by atoms with Crippen molar-refractivity contribution in [2.45, 2.75) is 38.4 Å². The highest BCUT2D eigenvalue weighted by molar-refractivity contribution is 14.0. The van der Waals surface area contributed by atoms with Gasteiger partial charge in [0.2, 0.25) is 0 Å². The van der Waals surface area contributed by atoms with Gasteiger partial charge in [0.05, 0.1) is 17.7 Å². The molecule has 5 nitrogen and oxygen atoms in total. The van der Waals surface area contributed by atoms with Gasteiger partial charge in [-0.2, -0.15) is 13.2 Å². The van der Waals surface area contributed by atoms with Crippen molar-refractivity contribution in [3.05, 3.63) is 45.7 Å². The first kappa shape index (κ1) is 25.6. The van der Waals surface area contributed by atoms with Crippen LogP contribution in [0.3, 0.4) is 0 Å². The van der Waals surface area contributed by atoms with Crippen molar-refractivity contribution in [1.29, 1.82) is 0 Å². The summed E-state index contributed by atoms with van der Waals surface area (Å²) >= 11 is 0.974. The predicted molar refractivity (Wildman–Crippen MR) is 124 cm³/mol. The molecular weight excluding hydrogens is 547 g/mol. The highest BCUT2D eigenvalue weighted by Gasteiger charge is 2.33. The molecule has 1 aliphatic rings. The van der Waals surface area contributed by atoms with E-state index in [0.717, 1.165) is 35.1 Å². The third-order valence-electron chi connectivity index (χ3n) is 4.68. The molecule has 0 spiro atoms. The molecule has 1 aromatic carbocycles. The van der Waals surface area contributed by atoms with Gasteiger partial charge in [-0.3, -0.25) is 4.99 Å². The third kappa shape index (κ3) is 7.78. The van der Waals surface area contributed by atoms with Gasteiger partial charge in [-0.15, -0.1) is 35.3 Å². The van der Waals surface area contributed by atoms with Crippen LogP contribution < -0.4 is 15.4 Å². The number of ether oxygens (including phenoxy) is 1. The van der Waals surface area contributed by atoms with Gasteiger partial charge in [-0.05, 0) is 43.4 Å². The maximum atomic E-state index is 14.3. The van der Waals surface area contributed by atoms with E-state index in [2.05, 4.69) is 20.6 Å². The first-order valence-corrected chi connectivity index (χ1v) is 10.5. The Labute approximate surface area is 199 Å². The number of thiazole rings is 1. The van der Waals surface area contributed by atoms with Crippen LogP contribution in [0.2, 0.25) is 0 Å². The number of rotatable bonds is 8. The maximum absolute atomic E-state index is 14.3. The molecule has 172 valence electrons. The van der Waals surface area contributed by atoms with Crippen molar-refractivity contribution in [2.24, 2.45) is 10.9 Å². The van der Waals surface area contributed by atoms with E-state index >= 15 is 0 Å². The Morgan fingerprint density at radius 1 is 1.35 bits per heavy atom. The van der Waals surface area contributed by atoms with Crippen molar-refractivity contribution in [3.8, 4) is 5.75 Å². The van der Waals surface area contributed by atoms with Gasteiger partial charge >= 0.3 is 6.18 Å². The fraction of sp³-hybridized carbons (Fsp3) is 0.500. The highest BCUT2D eigenvalue weighted by atomic mass is 127. The zero-order chi connectivity index (χ0) is 21.7. The normalized spacial score (nSPS) is 15.2. The Morgan fingerprint density at radius 2 is 2.10 bits per heavy atom. The zero-order valence-corrected chi connectivity index (χ0v) is 20.3. The van der Waals surface area contributed by atoms with Crippen LogP contribution in [-0.2, 0) is 12.6 Å². The van der Waals surface area contributed by atoms with Gasteiger partial charge in [0.25, 0.3) is 0 Å². The van der Waals surface area contributed by atoms with Crippen molar-refractivity contribution < 1.29 is 22.3 Å². The number of benzene rings is 1. The number of guanidine groups is 1. The van der Waals surface area contributed by atoms with E-state index in [4.69, 9.17) is 4.74 Å². The summed E-state index contributed by atoms with van der Waals surface area (Å²) in [6.07, 6.45) is -1.82. The van der Waals surface area contributed by atoms with Crippen LogP contribution in [-0.4, -0.2) is 31.1 Å².